The quantitative estimate of drug-likeness (QED) is 0.128. The zero-order valence-corrected chi connectivity index (χ0v) is 24.3. The maximum Gasteiger partial charge on any atom is 0.434 e. The number of nitro groups is 1. The summed E-state index contributed by atoms with van der Waals surface area (Å²) in [5.41, 5.74) is 5.09. The van der Waals surface area contributed by atoms with Crippen LogP contribution in [0, 0.1) is 10.1 Å². The topological polar surface area (TPSA) is 145 Å². The van der Waals surface area contributed by atoms with Crippen molar-refractivity contribution < 1.29 is 14.5 Å². The Balaban J connectivity index is 1.16. The van der Waals surface area contributed by atoms with Gasteiger partial charge in [0.15, 0.2) is 0 Å². The minimum Gasteiger partial charge on any atom is -0.390 e. The van der Waals surface area contributed by atoms with E-state index in [1.165, 1.54) is 10.8 Å². The average molecular weight is 596 g/mol. The molecule has 4 heterocycles. The molecule has 6 rings (SSSR count). The van der Waals surface area contributed by atoms with Crippen molar-refractivity contribution in [3.8, 4) is 11.3 Å². The molecule has 1 saturated heterocycles. The van der Waals surface area contributed by atoms with E-state index in [0.29, 0.717) is 63.7 Å². The monoisotopic (exact) mass is 595 g/mol. The second-order valence-corrected chi connectivity index (χ2v) is 10.5. The van der Waals surface area contributed by atoms with Crippen LogP contribution in [-0.4, -0.2) is 67.8 Å². The number of para-hydroxylation sites is 1. The van der Waals surface area contributed by atoms with Crippen molar-refractivity contribution in [2.75, 3.05) is 43.1 Å². The van der Waals surface area contributed by atoms with E-state index in [1.54, 1.807) is 12.4 Å². The number of carbonyl (C=O) groups is 1. The summed E-state index contributed by atoms with van der Waals surface area (Å²) in [6.45, 7) is 3.39. The molecule has 0 unspecified atom stereocenters. The van der Waals surface area contributed by atoms with E-state index in [4.69, 9.17) is 9.72 Å². The number of aryl methyl sites for hydroxylation is 2. The number of morpholine rings is 1. The van der Waals surface area contributed by atoms with Gasteiger partial charge in [0, 0.05) is 61.2 Å². The van der Waals surface area contributed by atoms with Gasteiger partial charge in [-0.1, -0.05) is 23.2 Å². The lowest BCUT2D eigenvalue weighted by atomic mass is 10.1. The standard InChI is InChI=1S/C31H33N9O4/c1-37-21-25(23-6-2-3-7-27(23)37)26-10-12-33-30(36-26)35-22-8-9-24(28(20-22)38-16-18-44-19-17-38)29(41)32-11-4-5-14-39-15-13-34-31(39)40(42)43/h2-3,6-10,12-13,15,20-21H,4-5,11,14,16-19H2,1H3,(H,32,41)(H,33,35,36). The highest BCUT2D eigenvalue weighted by Crippen LogP contribution is 2.31. The number of rotatable bonds is 11. The lowest BCUT2D eigenvalue weighted by Crippen LogP contribution is -2.38. The third-order valence-electron chi connectivity index (χ3n) is 7.65. The zero-order valence-electron chi connectivity index (χ0n) is 24.3. The summed E-state index contributed by atoms with van der Waals surface area (Å²) in [6, 6.07) is 15.7. The van der Waals surface area contributed by atoms with Gasteiger partial charge in [-0.05, 0) is 48.1 Å². The first-order chi connectivity index (χ1) is 21.5. The number of amides is 1. The van der Waals surface area contributed by atoms with Crippen LogP contribution in [0.1, 0.15) is 23.2 Å². The molecule has 2 N–H and O–H groups in total. The second kappa shape index (κ2) is 12.9. The zero-order chi connectivity index (χ0) is 30.5. The lowest BCUT2D eigenvalue weighted by Gasteiger charge is -2.30. The highest BCUT2D eigenvalue weighted by Gasteiger charge is 2.20. The number of ether oxygens (including phenoxy) is 1. The number of unbranched alkanes of at least 4 members (excludes halogenated alkanes) is 1. The molecule has 1 aliphatic rings. The fourth-order valence-corrected chi connectivity index (χ4v) is 5.46. The smallest absolute Gasteiger partial charge is 0.390 e. The number of benzene rings is 2. The van der Waals surface area contributed by atoms with Crippen LogP contribution in [-0.2, 0) is 18.3 Å². The Labute approximate surface area is 253 Å². The SMILES string of the molecule is Cn1cc(-c2ccnc(Nc3ccc(C(=O)NCCCCn4ccnc4[N+](=O)[O-])c(N4CCOCC4)c3)n2)c2ccccc21. The Kier molecular flexibility index (Phi) is 8.46. The number of fused-ring (bicyclic) bond motifs is 1. The van der Waals surface area contributed by atoms with E-state index in [9.17, 15) is 14.9 Å². The Morgan fingerprint density at radius 2 is 1.91 bits per heavy atom. The molecule has 44 heavy (non-hydrogen) atoms. The number of nitrogens with one attached hydrogen (secondary N) is 2. The largest absolute Gasteiger partial charge is 0.434 e. The van der Waals surface area contributed by atoms with E-state index in [1.807, 2.05) is 43.4 Å². The maximum absolute atomic E-state index is 13.3. The van der Waals surface area contributed by atoms with Crippen molar-refractivity contribution in [2.24, 2.45) is 7.05 Å². The summed E-state index contributed by atoms with van der Waals surface area (Å²) in [5.74, 6) is 0.100. The molecule has 1 aliphatic heterocycles. The van der Waals surface area contributed by atoms with Crippen LogP contribution in [0.2, 0.25) is 0 Å². The third-order valence-corrected chi connectivity index (χ3v) is 7.65. The predicted octanol–water partition coefficient (Wildman–Crippen LogP) is 4.53. The molecule has 0 saturated carbocycles. The number of aromatic nitrogens is 5. The van der Waals surface area contributed by atoms with E-state index >= 15 is 0 Å². The first-order valence-corrected chi connectivity index (χ1v) is 14.5. The van der Waals surface area contributed by atoms with Crippen LogP contribution in [0.25, 0.3) is 22.2 Å². The van der Waals surface area contributed by atoms with Crippen LogP contribution in [0.5, 0.6) is 0 Å². The van der Waals surface area contributed by atoms with Gasteiger partial charge >= 0.3 is 5.95 Å². The summed E-state index contributed by atoms with van der Waals surface area (Å²) in [7, 11) is 2.02. The molecule has 0 bridgehead atoms. The molecule has 1 fully saturated rings. The van der Waals surface area contributed by atoms with Gasteiger partial charge in [-0.15, -0.1) is 0 Å². The molecule has 3 aromatic heterocycles. The Morgan fingerprint density at radius 1 is 1.07 bits per heavy atom. The van der Waals surface area contributed by atoms with E-state index in [2.05, 4.69) is 48.4 Å². The molecule has 0 spiro atoms. The van der Waals surface area contributed by atoms with Crippen molar-refractivity contribution in [1.82, 2.24) is 29.4 Å². The van der Waals surface area contributed by atoms with Crippen LogP contribution in [0.3, 0.4) is 0 Å². The molecule has 13 heteroatoms. The van der Waals surface area contributed by atoms with Crippen molar-refractivity contribution in [2.45, 2.75) is 19.4 Å². The molecule has 2 aromatic carbocycles. The normalized spacial score (nSPS) is 13.2. The maximum atomic E-state index is 13.3. The van der Waals surface area contributed by atoms with Gasteiger partial charge < -0.3 is 35.0 Å². The van der Waals surface area contributed by atoms with E-state index < -0.39 is 4.92 Å². The van der Waals surface area contributed by atoms with Crippen molar-refractivity contribution in [3.63, 3.8) is 0 Å². The summed E-state index contributed by atoms with van der Waals surface area (Å²) >= 11 is 0. The fraction of sp³-hybridized carbons (Fsp3) is 0.290. The molecular weight excluding hydrogens is 562 g/mol. The number of hydrogen-bond acceptors (Lipinski definition) is 9. The van der Waals surface area contributed by atoms with Crippen LogP contribution in [0.4, 0.5) is 23.3 Å². The molecule has 13 nitrogen and oxygen atoms in total. The average Bonchev–Trinajstić information content (AvgIpc) is 3.66. The predicted molar refractivity (Wildman–Crippen MR) is 167 cm³/mol. The number of imidazole rings is 1. The Hall–Kier alpha value is -5.30. The Bertz CT molecular complexity index is 1790. The van der Waals surface area contributed by atoms with Crippen LogP contribution in [0.15, 0.2) is 73.3 Å². The molecule has 0 aliphatic carbocycles. The lowest BCUT2D eigenvalue weighted by molar-refractivity contribution is -0.396. The highest BCUT2D eigenvalue weighted by atomic mass is 16.6. The third kappa shape index (κ3) is 6.22. The van der Waals surface area contributed by atoms with Crippen LogP contribution < -0.4 is 15.5 Å². The summed E-state index contributed by atoms with van der Waals surface area (Å²) in [5, 5.41) is 18.5. The van der Waals surface area contributed by atoms with Gasteiger partial charge in [-0.2, -0.15) is 0 Å². The molecular formula is C31H33N9O4. The van der Waals surface area contributed by atoms with Crippen LogP contribution >= 0.6 is 0 Å². The summed E-state index contributed by atoms with van der Waals surface area (Å²) in [6.07, 6.45) is 8.14. The number of carbonyl (C=O) groups excluding carboxylic acids is 1. The first-order valence-electron chi connectivity index (χ1n) is 14.5. The second-order valence-electron chi connectivity index (χ2n) is 10.5. The minimum atomic E-state index is -0.499. The van der Waals surface area contributed by atoms with Gasteiger partial charge in [-0.25, -0.2) is 14.5 Å². The molecule has 0 atom stereocenters. The highest BCUT2D eigenvalue weighted by molar-refractivity contribution is 6.00. The van der Waals surface area contributed by atoms with Gasteiger partial charge in [0.05, 0.1) is 36.7 Å². The van der Waals surface area contributed by atoms with Gasteiger partial charge in [0.25, 0.3) is 5.91 Å². The summed E-state index contributed by atoms with van der Waals surface area (Å²) in [4.78, 5) is 39.0. The molecule has 1 amide bonds. The van der Waals surface area contributed by atoms with Crippen molar-refractivity contribution in [3.05, 3.63) is 89.0 Å². The van der Waals surface area contributed by atoms with Gasteiger partial charge in [0.2, 0.25) is 5.95 Å². The van der Waals surface area contributed by atoms with Crippen molar-refractivity contribution >= 4 is 40.1 Å². The van der Waals surface area contributed by atoms with E-state index in [-0.39, 0.29) is 11.9 Å². The summed E-state index contributed by atoms with van der Waals surface area (Å²) < 4.78 is 9.15. The number of hydrogen-bond donors (Lipinski definition) is 2. The molecule has 5 aromatic rings. The minimum absolute atomic E-state index is 0.177. The fourth-order valence-electron chi connectivity index (χ4n) is 5.46. The van der Waals surface area contributed by atoms with Gasteiger partial charge in [0.1, 0.15) is 12.4 Å². The number of anilines is 3. The molecule has 0 radical (unpaired) electrons. The van der Waals surface area contributed by atoms with Crippen molar-refractivity contribution in [1.29, 1.82) is 0 Å². The number of nitrogens with zero attached hydrogens (tertiary/aromatic N) is 7. The molecule has 226 valence electrons. The van der Waals surface area contributed by atoms with E-state index in [0.717, 1.165) is 33.5 Å². The van der Waals surface area contributed by atoms with Gasteiger partial charge in [-0.3, -0.25) is 4.79 Å². The Morgan fingerprint density at radius 3 is 2.75 bits per heavy atom. The first kappa shape index (κ1) is 28.8.